The minimum atomic E-state index is -0.497. The molecule has 1 aromatic rings. The summed E-state index contributed by atoms with van der Waals surface area (Å²) in [7, 11) is 1.47. The van der Waals surface area contributed by atoms with Crippen LogP contribution < -0.4 is 16.0 Å². The van der Waals surface area contributed by atoms with Crippen LogP contribution in [0.1, 0.15) is 37.9 Å². The fourth-order valence-corrected chi connectivity index (χ4v) is 1.87. The number of hydrogen-bond acceptors (Lipinski definition) is 3. The number of carbonyl (C=O) groups excluding carboxylic acids is 2. The van der Waals surface area contributed by atoms with Gasteiger partial charge in [-0.15, -0.1) is 0 Å². The van der Waals surface area contributed by atoms with Crippen LogP contribution in [0.5, 0.6) is 0 Å². The Labute approximate surface area is 120 Å². The molecular formula is C15H23N3O2. The van der Waals surface area contributed by atoms with Crippen molar-refractivity contribution in [1.82, 2.24) is 16.0 Å². The van der Waals surface area contributed by atoms with Crippen LogP contribution in [-0.2, 0) is 11.2 Å². The first kappa shape index (κ1) is 16.2. The van der Waals surface area contributed by atoms with E-state index in [0.29, 0.717) is 0 Å². The molecule has 0 bridgehead atoms. The van der Waals surface area contributed by atoms with Gasteiger partial charge in [-0.25, -0.2) is 4.79 Å². The zero-order valence-corrected chi connectivity index (χ0v) is 12.5. The summed E-state index contributed by atoms with van der Waals surface area (Å²) in [6.45, 7) is 5.84. The Bertz CT molecular complexity index is 457. The molecule has 3 N–H and O–H groups in total. The lowest BCUT2D eigenvalue weighted by Gasteiger charge is -2.19. The highest BCUT2D eigenvalue weighted by atomic mass is 16.2. The molecule has 0 aliphatic heterocycles. The second-order valence-corrected chi connectivity index (χ2v) is 4.77. The summed E-state index contributed by atoms with van der Waals surface area (Å²) in [5.74, 6) is -0.346. The molecule has 0 radical (unpaired) electrons. The maximum absolute atomic E-state index is 11.7. The number of rotatable bonds is 5. The van der Waals surface area contributed by atoms with Crippen LogP contribution >= 0.6 is 0 Å². The van der Waals surface area contributed by atoms with Gasteiger partial charge in [-0.3, -0.25) is 15.4 Å². The van der Waals surface area contributed by atoms with E-state index in [4.69, 9.17) is 0 Å². The minimum Gasteiger partial charge on any atom is -0.341 e. The summed E-state index contributed by atoms with van der Waals surface area (Å²) < 4.78 is 0. The predicted molar refractivity (Wildman–Crippen MR) is 79.4 cm³/mol. The molecule has 0 saturated carbocycles. The first-order chi connectivity index (χ1) is 9.47. The van der Waals surface area contributed by atoms with Crippen molar-refractivity contribution in [1.29, 1.82) is 0 Å². The molecule has 2 unspecified atom stereocenters. The molecule has 110 valence electrons. The quantitative estimate of drug-likeness (QED) is 0.768. The van der Waals surface area contributed by atoms with Crippen LogP contribution in [0.15, 0.2) is 24.3 Å². The molecule has 0 fully saturated rings. The van der Waals surface area contributed by atoms with Crippen molar-refractivity contribution < 1.29 is 9.59 Å². The molecule has 2 atom stereocenters. The number of aryl methyl sites for hydroxylation is 1. The van der Waals surface area contributed by atoms with Crippen molar-refractivity contribution in [2.75, 3.05) is 7.05 Å². The molecule has 5 heteroatoms. The smallest absolute Gasteiger partial charge is 0.321 e. The van der Waals surface area contributed by atoms with Crippen molar-refractivity contribution in [3.63, 3.8) is 0 Å². The fraction of sp³-hybridized carbons (Fsp3) is 0.467. The number of carbonyl (C=O) groups is 2. The average Bonchev–Trinajstić information content (AvgIpc) is 2.46. The van der Waals surface area contributed by atoms with Gasteiger partial charge in [0, 0.05) is 13.1 Å². The normalized spacial score (nSPS) is 13.4. The maximum Gasteiger partial charge on any atom is 0.321 e. The van der Waals surface area contributed by atoms with Crippen LogP contribution in [0.2, 0.25) is 0 Å². The van der Waals surface area contributed by atoms with E-state index in [1.165, 1.54) is 12.6 Å². The van der Waals surface area contributed by atoms with Crippen LogP contribution in [-0.4, -0.2) is 25.0 Å². The van der Waals surface area contributed by atoms with Crippen molar-refractivity contribution in [2.24, 2.45) is 0 Å². The first-order valence-electron chi connectivity index (χ1n) is 6.85. The number of nitrogens with one attached hydrogen (secondary N) is 3. The van der Waals surface area contributed by atoms with E-state index < -0.39 is 12.1 Å². The highest BCUT2D eigenvalue weighted by Gasteiger charge is 2.17. The van der Waals surface area contributed by atoms with E-state index in [1.807, 2.05) is 6.92 Å². The zero-order valence-electron chi connectivity index (χ0n) is 12.5. The molecule has 0 heterocycles. The summed E-state index contributed by atoms with van der Waals surface area (Å²) >= 11 is 0. The Balaban J connectivity index is 2.57. The van der Waals surface area contributed by atoms with Crippen LogP contribution in [0.3, 0.4) is 0 Å². The topological polar surface area (TPSA) is 70.2 Å². The summed E-state index contributed by atoms with van der Waals surface area (Å²) in [4.78, 5) is 22.8. The van der Waals surface area contributed by atoms with Gasteiger partial charge in [0.1, 0.15) is 0 Å². The zero-order chi connectivity index (χ0) is 15.1. The highest BCUT2D eigenvalue weighted by molar-refractivity contribution is 5.96. The average molecular weight is 277 g/mol. The molecule has 0 saturated heterocycles. The Hall–Kier alpha value is -1.88. The Kier molecular flexibility index (Phi) is 6.18. The lowest BCUT2D eigenvalue weighted by Crippen LogP contribution is -2.47. The minimum absolute atomic E-state index is 0.0337. The summed E-state index contributed by atoms with van der Waals surface area (Å²) in [6, 6.07) is 7.37. The van der Waals surface area contributed by atoms with Gasteiger partial charge in [0.2, 0.25) is 5.91 Å². The van der Waals surface area contributed by atoms with Crippen molar-refractivity contribution in [2.45, 2.75) is 39.3 Å². The molecule has 0 aliphatic carbocycles. The predicted octanol–water partition coefficient (Wildman–Crippen LogP) is 1.74. The molecule has 0 aliphatic rings. The molecule has 0 spiro atoms. The van der Waals surface area contributed by atoms with Crippen LogP contribution in [0, 0.1) is 0 Å². The van der Waals surface area contributed by atoms with E-state index in [0.717, 1.165) is 12.0 Å². The van der Waals surface area contributed by atoms with Gasteiger partial charge in [0.15, 0.2) is 0 Å². The van der Waals surface area contributed by atoms with E-state index >= 15 is 0 Å². The van der Waals surface area contributed by atoms with E-state index in [-0.39, 0.29) is 11.9 Å². The Morgan fingerprint density at radius 2 is 1.75 bits per heavy atom. The first-order valence-corrected chi connectivity index (χ1v) is 6.85. The third-order valence-electron chi connectivity index (χ3n) is 3.25. The van der Waals surface area contributed by atoms with Gasteiger partial charge >= 0.3 is 6.03 Å². The second kappa shape index (κ2) is 7.65. The molecule has 1 aromatic carbocycles. The number of amides is 3. The highest BCUT2D eigenvalue weighted by Crippen LogP contribution is 2.14. The molecular weight excluding hydrogens is 254 g/mol. The van der Waals surface area contributed by atoms with Crippen molar-refractivity contribution >= 4 is 11.9 Å². The van der Waals surface area contributed by atoms with Gasteiger partial charge in [0.05, 0.1) is 6.04 Å². The third kappa shape index (κ3) is 4.66. The Morgan fingerprint density at radius 1 is 1.15 bits per heavy atom. The number of imide groups is 1. The van der Waals surface area contributed by atoms with E-state index in [9.17, 15) is 9.59 Å². The SMILES string of the molecule is CCc1ccc(C(C)NC(C)C(=O)NC(=O)NC)cc1. The second-order valence-electron chi connectivity index (χ2n) is 4.77. The lowest BCUT2D eigenvalue weighted by molar-refractivity contribution is -0.121. The molecule has 5 nitrogen and oxygen atoms in total. The fourth-order valence-electron chi connectivity index (χ4n) is 1.87. The number of urea groups is 1. The standard InChI is InChI=1S/C15H23N3O2/c1-5-12-6-8-13(9-7-12)10(2)17-11(3)14(19)18-15(20)16-4/h6-11,17H,5H2,1-4H3,(H2,16,18,19,20). The number of benzene rings is 1. The van der Waals surface area contributed by atoms with Crippen molar-refractivity contribution in [3.05, 3.63) is 35.4 Å². The molecule has 0 aromatic heterocycles. The summed E-state index contributed by atoms with van der Waals surface area (Å²) in [5.41, 5.74) is 2.40. The van der Waals surface area contributed by atoms with E-state index in [2.05, 4.69) is 47.1 Å². The lowest BCUT2D eigenvalue weighted by atomic mass is 10.0. The van der Waals surface area contributed by atoms with Gasteiger partial charge in [0.25, 0.3) is 0 Å². The Morgan fingerprint density at radius 3 is 2.25 bits per heavy atom. The molecule has 20 heavy (non-hydrogen) atoms. The van der Waals surface area contributed by atoms with Gasteiger partial charge in [-0.2, -0.15) is 0 Å². The maximum atomic E-state index is 11.7. The third-order valence-corrected chi connectivity index (χ3v) is 3.25. The number of hydrogen-bond donors (Lipinski definition) is 3. The molecule has 1 rings (SSSR count). The van der Waals surface area contributed by atoms with E-state index in [1.54, 1.807) is 6.92 Å². The van der Waals surface area contributed by atoms with Crippen LogP contribution in [0.25, 0.3) is 0 Å². The molecule has 3 amide bonds. The van der Waals surface area contributed by atoms with Gasteiger partial charge in [-0.1, -0.05) is 31.2 Å². The van der Waals surface area contributed by atoms with Gasteiger partial charge < -0.3 is 5.32 Å². The summed E-state index contributed by atoms with van der Waals surface area (Å²) in [6.07, 6.45) is 1.01. The monoisotopic (exact) mass is 277 g/mol. The summed E-state index contributed by atoms with van der Waals surface area (Å²) in [5, 5.41) is 7.77. The van der Waals surface area contributed by atoms with Gasteiger partial charge in [-0.05, 0) is 31.4 Å². The van der Waals surface area contributed by atoms with Crippen LogP contribution in [0.4, 0.5) is 4.79 Å². The largest absolute Gasteiger partial charge is 0.341 e. The van der Waals surface area contributed by atoms with Crippen molar-refractivity contribution in [3.8, 4) is 0 Å².